The van der Waals surface area contributed by atoms with Gasteiger partial charge in [0.2, 0.25) is 0 Å². The Morgan fingerprint density at radius 1 is 0.705 bits per heavy atom. The van der Waals surface area contributed by atoms with Crippen LogP contribution >= 0.6 is 0 Å². The second kappa shape index (κ2) is 40.8. The Balaban J connectivity index is -0.000000467. The van der Waals surface area contributed by atoms with Crippen LogP contribution in [0.4, 0.5) is 0 Å². The fourth-order valence-electron chi connectivity index (χ4n) is 3.64. The van der Waals surface area contributed by atoms with Crippen LogP contribution in [-0.4, -0.2) is 34.6 Å². The molecule has 0 spiro atoms. The normalized spacial score (nSPS) is 12.2. The van der Waals surface area contributed by atoms with Gasteiger partial charge in [-0.25, -0.2) is 0 Å². The number of aryl methyl sites for hydroxylation is 1. The number of rotatable bonds is 12. The molecule has 3 heteroatoms. The summed E-state index contributed by atoms with van der Waals surface area (Å²) in [6, 6.07) is 20.8. The van der Waals surface area contributed by atoms with E-state index in [-0.39, 0.29) is 19.3 Å². The van der Waals surface area contributed by atoms with Crippen molar-refractivity contribution in [1.29, 1.82) is 0 Å². The molecule has 0 bridgehead atoms. The minimum Gasteiger partial charge on any atom is -0.396 e. The van der Waals surface area contributed by atoms with E-state index in [1.165, 1.54) is 80.9 Å². The molecule has 3 N–H and O–H groups in total. The van der Waals surface area contributed by atoms with Gasteiger partial charge in [0.25, 0.3) is 0 Å². The maximum absolute atomic E-state index is 8.62. The first-order chi connectivity index (χ1) is 21.4. The molecule has 0 aromatic heterocycles. The zero-order valence-electron chi connectivity index (χ0n) is 29.9. The summed E-state index contributed by atoms with van der Waals surface area (Å²) in [4.78, 5) is 0. The summed E-state index contributed by atoms with van der Waals surface area (Å²) >= 11 is 0. The Bertz CT molecular complexity index is 806. The van der Waals surface area contributed by atoms with Gasteiger partial charge in [-0.05, 0) is 75.0 Å². The molecule has 1 unspecified atom stereocenters. The standard InChI is InChI=1S/C10H12.C8H10.C7H12O.C7H16.C5H12O2.C4H10/c1-2-3-7-10-8-5-4-6-9-10;1-2-8-6-4-3-5-7-8;8-6-7-4-2-1-3-5-7;1-3-5-7-6-4-2;1-5(7)3-2-4-6;1-3-4-2/h3-9H,2H2,1H3;3-7H,2H2,1H3;4,8H,1-3,5-6H2;3-7H2,1-2H3;5-7H,2-4H2,1H3;3-4H2,1-2H3/b7-3+;;;;;. The first kappa shape index (κ1) is 46.2. The van der Waals surface area contributed by atoms with Crippen molar-refractivity contribution in [3.63, 3.8) is 0 Å². The van der Waals surface area contributed by atoms with E-state index in [9.17, 15) is 0 Å². The highest BCUT2D eigenvalue weighted by molar-refractivity contribution is 5.48. The second-order valence-electron chi connectivity index (χ2n) is 11.1. The Hall–Kier alpha value is -2.20. The Morgan fingerprint density at radius 3 is 1.59 bits per heavy atom. The largest absolute Gasteiger partial charge is 0.396 e. The summed E-state index contributed by atoms with van der Waals surface area (Å²) in [5.41, 5.74) is 3.92. The van der Waals surface area contributed by atoms with Gasteiger partial charge in [0, 0.05) is 6.61 Å². The number of unbranched alkanes of at least 4 members (excludes halogenated alkanes) is 5. The average Bonchev–Trinajstić information content (AvgIpc) is 3.09. The molecule has 2 aromatic rings. The van der Waals surface area contributed by atoms with Crippen LogP contribution in [0.25, 0.3) is 6.08 Å². The fourth-order valence-corrected chi connectivity index (χ4v) is 3.64. The maximum atomic E-state index is 8.62. The second-order valence-corrected chi connectivity index (χ2v) is 11.1. The Morgan fingerprint density at radius 2 is 1.27 bits per heavy atom. The van der Waals surface area contributed by atoms with Gasteiger partial charge < -0.3 is 15.3 Å². The molecule has 0 amide bonds. The lowest BCUT2D eigenvalue weighted by Crippen LogP contribution is -1.99. The van der Waals surface area contributed by atoms with Crippen LogP contribution in [-0.2, 0) is 6.42 Å². The topological polar surface area (TPSA) is 60.7 Å². The zero-order chi connectivity index (χ0) is 33.5. The summed E-state index contributed by atoms with van der Waals surface area (Å²) in [5.74, 6) is 0. The molecule has 1 aliphatic carbocycles. The Labute approximate surface area is 274 Å². The van der Waals surface area contributed by atoms with Crippen LogP contribution in [0.15, 0.2) is 78.4 Å². The number of aliphatic hydroxyl groups is 3. The van der Waals surface area contributed by atoms with E-state index >= 15 is 0 Å². The predicted octanol–water partition coefficient (Wildman–Crippen LogP) is 11.8. The third-order valence-corrected chi connectivity index (χ3v) is 6.67. The highest BCUT2D eigenvalue weighted by Crippen LogP contribution is 2.15. The summed E-state index contributed by atoms with van der Waals surface area (Å²) in [6.45, 7) is 15.3. The number of benzene rings is 2. The van der Waals surface area contributed by atoms with Crippen molar-refractivity contribution in [2.75, 3.05) is 13.2 Å². The molecule has 0 heterocycles. The number of hydrogen-bond acceptors (Lipinski definition) is 3. The van der Waals surface area contributed by atoms with Crippen LogP contribution in [0.1, 0.15) is 149 Å². The molecule has 1 aliphatic rings. The van der Waals surface area contributed by atoms with E-state index in [0.717, 1.165) is 19.3 Å². The summed E-state index contributed by atoms with van der Waals surface area (Å²) in [6.07, 6.45) is 24.4. The maximum Gasteiger partial charge on any atom is 0.0641 e. The third kappa shape index (κ3) is 39.8. The van der Waals surface area contributed by atoms with Crippen molar-refractivity contribution in [1.82, 2.24) is 0 Å². The van der Waals surface area contributed by atoms with E-state index in [2.05, 4.69) is 108 Å². The van der Waals surface area contributed by atoms with E-state index < -0.39 is 0 Å². The molecule has 3 rings (SSSR count). The molecule has 0 fully saturated rings. The van der Waals surface area contributed by atoms with Crippen molar-refractivity contribution in [3.05, 3.63) is 89.5 Å². The van der Waals surface area contributed by atoms with Crippen LogP contribution in [0.3, 0.4) is 0 Å². The number of allylic oxidation sites excluding steroid dienone is 2. The zero-order valence-corrected chi connectivity index (χ0v) is 29.9. The van der Waals surface area contributed by atoms with Crippen LogP contribution in [0, 0.1) is 0 Å². The molecule has 0 saturated carbocycles. The monoisotopic (exact) mass is 613 g/mol. The lowest BCUT2D eigenvalue weighted by Gasteiger charge is -2.08. The Kier molecular flexibility index (Phi) is 42.9. The first-order valence-electron chi connectivity index (χ1n) is 17.7. The van der Waals surface area contributed by atoms with E-state index in [0.29, 0.717) is 12.8 Å². The minimum absolute atomic E-state index is 0.185. The van der Waals surface area contributed by atoms with Gasteiger partial charge in [0.1, 0.15) is 0 Å². The fraction of sp³-hybridized carbons (Fsp3) is 0.610. The van der Waals surface area contributed by atoms with Gasteiger partial charge in [-0.15, -0.1) is 0 Å². The van der Waals surface area contributed by atoms with Crippen LogP contribution in [0.2, 0.25) is 0 Å². The van der Waals surface area contributed by atoms with E-state index in [4.69, 9.17) is 15.3 Å². The predicted molar refractivity (Wildman–Crippen MR) is 198 cm³/mol. The minimum atomic E-state index is -0.257. The van der Waals surface area contributed by atoms with Gasteiger partial charge >= 0.3 is 0 Å². The molecule has 2 aromatic carbocycles. The molecule has 0 radical (unpaired) electrons. The molecular weight excluding hydrogens is 540 g/mol. The highest BCUT2D eigenvalue weighted by Gasteiger charge is 1.99. The van der Waals surface area contributed by atoms with Crippen LogP contribution < -0.4 is 0 Å². The SMILES string of the molecule is CC(O)CCCO.CC/C=C/c1ccccc1.CCCC.CCCCCCC.CCc1ccccc1.OCC1=CCCCC1. The van der Waals surface area contributed by atoms with Gasteiger partial charge in [-0.2, -0.15) is 0 Å². The van der Waals surface area contributed by atoms with Crippen molar-refractivity contribution in [3.8, 4) is 0 Å². The average molecular weight is 613 g/mol. The summed E-state index contributed by atoms with van der Waals surface area (Å²) in [5, 5.41) is 25.4. The smallest absolute Gasteiger partial charge is 0.0641 e. The molecule has 0 aliphatic heterocycles. The van der Waals surface area contributed by atoms with Crippen LogP contribution in [0.5, 0.6) is 0 Å². The number of aliphatic hydroxyl groups excluding tert-OH is 3. The quantitative estimate of drug-likeness (QED) is 0.165. The lowest BCUT2D eigenvalue weighted by molar-refractivity contribution is 0.167. The molecule has 3 nitrogen and oxygen atoms in total. The molecular formula is C41H72O3. The number of hydrogen-bond donors (Lipinski definition) is 3. The molecule has 254 valence electrons. The van der Waals surface area contributed by atoms with Gasteiger partial charge in [-0.1, -0.05) is 165 Å². The highest BCUT2D eigenvalue weighted by atomic mass is 16.3. The molecule has 1 atom stereocenters. The summed E-state index contributed by atoms with van der Waals surface area (Å²) in [7, 11) is 0. The lowest BCUT2D eigenvalue weighted by atomic mass is 10.0. The van der Waals surface area contributed by atoms with Crippen molar-refractivity contribution in [2.24, 2.45) is 0 Å². The van der Waals surface area contributed by atoms with Crippen molar-refractivity contribution < 1.29 is 15.3 Å². The molecule has 44 heavy (non-hydrogen) atoms. The summed E-state index contributed by atoms with van der Waals surface area (Å²) < 4.78 is 0. The van der Waals surface area contributed by atoms with Gasteiger partial charge in [0.05, 0.1) is 12.7 Å². The van der Waals surface area contributed by atoms with E-state index in [1.807, 2.05) is 12.1 Å². The third-order valence-electron chi connectivity index (χ3n) is 6.67. The van der Waals surface area contributed by atoms with Crippen molar-refractivity contribution >= 4 is 6.08 Å². The first-order valence-corrected chi connectivity index (χ1v) is 17.7. The van der Waals surface area contributed by atoms with Crippen molar-refractivity contribution in [2.45, 2.75) is 151 Å². The van der Waals surface area contributed by atoms with Gasteiger partial charge in [0.15, 0.2) is 0 Å². The molecule has 0 saturated heterocycles. The van der Waals surface area contributed by atoms with E-state index in [1.54, 1.807) is 6.92 Å². The van der Waals surface area contributed by atoms with Gasteiger partial charge in [-0.3, -0.25) is 0 Å².